The van der Waals surface area contributed by atoms with E-state index in [4.69, 9.17) is 0 Å². The zero-order valence-corrected chi connectivity index (χ0v) is 12.9. The third-order valence-corrected chi connectivity index (χ3v) is 6.35. The van der Waals surface area contributed by atoms with Gasteiger partial charge in [0.15, 0.2) is 0 Å². The van der Waals surface area contributed by atoms with Crippen LogP contribution in [0.2, 0.25) is 0 Å². The smallest absolute Gasteiger partial charge is 0.250 e. The van der Waals surface area contributed by atoms with Gasteiger partial charge in [-0.1, -0.05) is 13.3 Å². The minimum Gasteiger partial charge on any atom is -0.313 e. The Hall–Kier alpha value is -0.430. The molecule has 4 nitrogen and oxygen atoms in total. The highest BCUT2D eigenvalue weighted by atomic mass is 32.2. The van der Waals surface area contributed by atoms with Gasteiger partial charge in [-0.25, -0.2) is 13.1 Å². The molecule has 1 aliphatic rings. The van der Waals surface area contributed by atoms with E-state index in [1.165, 1.54) is 17.8 Å². The zero-order valence-electron chi connectivity index (χ0n) is 11.3. The number of thiophene rings is 1. The SMILES string of the molecule is CCCNCc1csc(S(=O)(=O)NCC2CCC2)c1. The van der Waals surface area contributed by atoms with E-state index < -0.39 is 10.0 Å². The summed E-state index contributed by atoms with van der Waals surface area (Å²) in [5.41, 5.74) is 1.04. The lowest BCUT2D eigenvalue weighted by Crippen LogP contribution is -2.31. The fourth-order valence-corrected chi connectivity index (χ4v) is 4.36. The molecule has 0 unspecified atom stereocenters. The summed E-state index contributed by atoms with van der Waals surface area (Å²) >= 11 is 1.30. The Bertz CT molecular complexity index is 492. The molecule has 1 aromatic rings. The molecule has 1 aromatic heterocycles. The lowest BCUT2D eigenvalue weighted by Gasteiger charge is -2.25. The van der Waals surface area contributed by atoms with Crippen molar-refractivity contribution in [1.29, 1.82) is 0 Å². The fourth-order valence-electron chi connectivity index (χ4n) is 1.99. The van der Waals surface area contributed by atoms with Gasteiger partial charge in [-0.15, -0.1) is 11.3 Å². The highest BCUT2D eigenvalue weighted by Crippen LogP contribution is 2.26. The average Bonchev–Trinajstić information content (AvgIpc) is 2.76. The molecule has 6 heteroatoms. The second-order valence-corrected chi connectivity index (χ2v) is 8.00. The van der Waals surface area contributed by atoms with Crippen molar-refractivity contribution < 1.29 is 8.42 Å². The summed E-state index contributed by atoms with van der Waals surface area (Å²) in [6, 6.07) is 1.77. The van der Waals surface area contributed by atoms with Crippen molar-refractivity contribution in [2.75, 3.05) is 13.1 Å². The van der Waals surface area contributed by atoms with Crippen molar-refractivity contribution in [3.05, 3.63) is 17.0 Å². The van der Waals surface area contributed by atoms with Crippen molar-refractivity contribution in [2.24, 2.45) is 5.92 Å². The second kappa shape index (κ2) is 6.83. The van der Waals surface area contributed by atoms with Gasteiger partial charge in [0.25, 0.3) is 0 Å². The van der Waals surface area contributed by atoms with E-state index >= 15 is 0 Å². The fraction of sp³-hybridized carbons (Fsp3) is 0.692. The van der Waals surface area contributed by atoms with Gasteiger partial charge >= 0.3 is 0 Å². The first-order chi connectivity index (χ1) is 9.12. The number of rotatable bonds is 8. The van der Waals surface area contributed by atoms with Crippen LogP contribution >= 0.6 is 11.3 Å². The average molecular weight is 302 g/mol. The highest BCUT2D eigenvalue weighted by Gasteiger charge is 2.22. The lowest BCUT2D eigenvalue weighted by molar-refractivity contribution is 0.316. The van der Waals surface area contributed by atoms with Crippen LogP contribution < -0.4 is 10.0 Å². The number of hydrogen-bond acceptors (Lipinski definition) is 4. The van der Waals surface area contributed by atoms with Gasteiger partial charge in [0.05, 0.1) is 0 Å². The van der Waals surface area contributed by atoms with Gasteiger partial charge in [0.1, 0.15) is 4.21 Å². The maximum absolute atomic E-state index is 12.1. The topological polar surface area (TPSA) is 58.2 Å². The minimum atomic E-state index is -3.30. The van der Waals surface area contributed by atoms with Crippen LogP contribution in [0.25, 0.3) is 0 Å². The Kier molecular flexibility index (Phi) is 5.38. The van der Waals surface area contributed by atoms with Crippen LogP contribution in [0.1, 0.15) is 38.2 Å². The summed E-state index contributed by atoms with van der Waals surface area (Å²) in [5, 5.41) is 5.19. The molecular weight excluding hydrogens is 280 g/mol. The summed E-state index contributed by atoms with van der Waals surface area (Å²) in [4.78, 5) is 0. The van der Waals surface area contributed by atoms with Crippen molar-refractivity contribution in [1.82, 2.24) is 10.0 Å². The van der Waals surface area contributed by atoms with E-state index in [-0.39, 0.29) is 0 Å². The van der Waals surface area contributed by atoms with Crippen molar-refractivity contribution in [3.63, 3.8) is 0 Å². The van der Waals surface area contributed by atoms with Gasteiger partial charge in [-0.3, -0.25) is 0 Å². The summed E-state index contributed by atoms with van der Waals surface area (Å²) in [7, 11) is -3.30. The van der Waals surface area contributed by atoms with Crippen LogP contribution in [-0.4, -0.2) is 21.5 Å². The molecule has 0 aliphatic heterocycles. The summed E-state index contributed by atoms with van der Waals surface area (Å²) in [6.45, 7) is 4.39. The van der Waals surface area contributed by atoms with Crippen LogP contribution in [-0.2, 0) is 16.6 Å². The maximum atomic E-state index is 12.1. The molecular formula is C13H22N2O2S2. The normalized spacial score (nSPS) is 16.5. The van der Waals surface area contributed by atoms with Crippen molar-refractivity contribution >= 4 is 21.4 Å². The first-order valence-corrected chi connectivity index (χ1v) is 9.26. The molecule has 2 N–H and O–H groups in total. The summed E-state index contributed by atoms with van der Waals surface area (Å²) < 4.78 is 27.3. The van der Waals surface area contributed by atoms with Gasteiger partial charge in [-0.05, 0) is 48.7 Å². The molecule has 108 valence electrons. The molecule has 0 saturated heterocycles. The molecule has 0 amide bonds. The monoisotopic (exact) mass is 302 g/mol. The van der Waals surface area contributed by atoms with Crippen LogP contribution in [0.5, 0.6) is 0 Å². The zero-order chi connectivity index (χ0) is 13.7. The van der Waals surface area contributed by atoms with Gasteiger partial charge in [0.2, 0.25) is 10.0 Å². The third kappa shape index (κ3) is 4.27. The number of sulfonamides is 1. The molecule has 1 aliphatic carbocycles. The summed E-state index contributed by atoms with van der Waals surface area (Å²) in [5.74, 6) is 0.542. The lowest BCUT2D eigenvalue weighted by atomic mass is 9.86. The van der Waals surface area contributed by atoms with E-state index in [9.17, 15) is 8.42 Å². The highest BCUT2D eigenvalue weighted by molar-refractivity contribution is 7.91. The molecule has 0 spiro atoms. The number of hydrogen-bond donors (Lipinski definition) is 2. The van der Waals surface area contributed by atoms with Gasteiger partial charge < -0.3 is 5.32 Å². The molecule has 0 aromatic carbocycles. The quantitative estimate of drug-likeness (QED) is 0.725. The Morgan fingerprint density at radius 1 is 1.42 bits per heavy atom. The van der Waals surface area contributed by atoms with Crippen LogP contribution in [0.4, 0.5) is 0 Å². The molecule has 2 rings (SSSR count). The maximum Gasteiger partial charge on any atom is 0.250 e. The van der Waals surface area contributed by atoms with Crippen molar-refractivity contribution in [2.45, 2.75) is 43.4 Å². The predicted molar refractivity (Wildman–Crippen MR) is 78.8 cm³/mol. The predicted octanol–water partition coefficient (Wildman–Crippen LogP) is 2.33. The molecule has 1 saturated carbocycles. The Balaban J connectivity index is 1.88. The van der Waals surface area contributed by atoms with E-state index in [1.54, 1.807) is 6.07 Å². The summed E-state index contributed by atoms with van der Waals surface area (Å²) in [6.07, 6.45) is 4.62. The molecule has 0 bridgehead atoms. The van der Waals surface area contributed by atoms with Crippen LogP contribution in [0.15, 0.2) is 15.7 Å². The Labute approximate surface area is 119 Å². The van der Waals surface area contributed by atoms with Crippen molar-refractivity contribution in [3.8, 4) is 0 Å². The number of nitrogens with one attached hydrogen (secondary N) is 2. The first kappa shape index (κ1) is 15.0. The molecule has 0 atom stereocenters. The first-order valence-electron chi connectivity index (χ1n) is 6.89. The Morgan fingerprint density at radius 2 is 2.21 bits per heavy atom. The van der Waals surface area contributed by atoms with E-state index in [0.29, 0.717) is 16.7 Å². The Morgan fingerprint density at radius 3 is 2.84 bits per heavy atom. The standard InChI is InChI=1S/C13H22N2O2S2/c1-2-6-14-8-12-7-13(18-10-12)19(16,17)15-9-11-4-3-5-11/h7,10-11,14-15H,2-6,8-9H2,1H3. The van der Waals surface area contributed by atoms with E-state index in [0.717, 1.165) is 37.9 Å². The van der Waals surface area contributed by atoms with Gasteiger partial charge in [0, 0.05) is 13.1 Å². The molecule has 1 heterocycles. The van der Waals surface area contributed by atoms with E-state index in [2.05, 4.69) is 17.0 Å². The van der Waals surface area contributed by atoms with Crippen LogP contribution in [0.3, 0.4) is 0 Å². The molecule has 19 heavy (non-hydrogen) atoms. The second-order valence-electron chi connectivity index (χ2n) is 5.10. The minimum absolute atomic E-state index is 0.431. The van der Waals surface area contributed by atoms with Crippen LogP contribution in [0, 0.1) is 5.92 Å². The van der Waals surface area contributed by atoms with E-state index in [1.807, 2.05) is 5.38 Å². The third-order valence-electron chi connectivity index (χ3n) is 3.44. The molecule has 0 radical (unpaired) electrons. The largest absolute Gasteiger partial charge is 0.313 e. The molecule has 1 fully saturated rings. The van der Waals surface area contributed by atoms with Gasteiger partial charge in [-0.2, -0.15) is 0 Å².